The summed E-state index contributed by atoms with van der Waals surface area (Å²) in [5.41, 5.74) is 1.43. The van der Waals surface area contributed by atoms with Gasteiger partial charge in [-0.15, -0.1) is 0 Å². The summed E-state index contributed by atoms with van der Waals surface area (Å²) in [5.74, 6) is 3.14. The molecule has 0 aliphatic rings. The van der Waals surface area contributed by atoms with Crippen LogP contribution in [0.5, 0.6) is 0 Å². The molecule has 0 saturated carbocycles. The Bertz CT molecular complexity index is 603. The molecule has 0 atom stereocenters. The Balaban J connectivity index is 2.18. The first-order chi connectivity index (χ1) is 9.04. The number of nitrogens with one attached hydrogen (secondary N) is 1. The van der Waals surface area contributed by atoms with Gasteiger partial charge < -0.3 is 4.98 Å². The van der Waals surface area contributed by atoms with Gasteiger partial charge in [0.05, 0.1) is 17.6 Å². The Morgan fingerprint density at radius 2 is 2.26 bits per heavy atom. The molecule has 0 spiro atoms. The highest BCUT2D eigenvalue weighted by Gasteiger charge is 2.06. The minimum atomic E-state index is -0.117. The van der Waals surface area contributed by atoms with Gasteiger partial charge in [-0.2, -0.15) is 16.9 Å². The predicted molar refractivity (Wildman–Crippen MR) is 78.1 cm³/mol. The molecule has 5 nitrogen and oxygen atoms in total. The standard InChI is InChI=1S/C13H18N4OS/c1-9(2)7-19-8-12-15-11(4-13(18)16-12)10-5-14-17(3)6-10/h4-6,9H,7-8H2,1-3H3,(H,15,16,18). The van der Waals surface area contributed by atoms with Gasteiger partial charge in [0, 0.05) is 24.9 Å². The molecule has 2 rings (SSSR count). The average Bonchev–Trinajstić information content (AvgIpc) is 2.75. The Labute approximate surface area is 116 Å². The molecular weight excluding hydrogens is 260 g/mol. The van der Waals surface area contributed by atoms with Gasteiger partial charge in [0.25, 0.3) is 5.56 Å². The van der Waals surface area contributed by atoms with Gasteiger partial charge in [0.15, 0.2) is 0 Å². The molecule has 2 aromatic rings. The molecule has 0 saturated heterocycles. The maximum absolute atomic E-state index is 11.7. The van der Waals surface area contributed by atoms with Crippen LogP contribution >= 0.6 is 11.8 Å². The smallest absolute Gasteiger partial charge is 0.251 e. The van der Waals surface area contributed by atoms with E-state index in [1.54, 1.807) is 22.6 Å². The monoisotopic (exact) mass is 278 g/mol. The maximum atomic E-state index is 11.7. The van der Waals surface area contributed by atoms with Crippen LogP contribution in [-0.4, -0.2) is 25.5 Å². The van der Waals surface area contributed by atoms with Crippen molar-refractivity contribution >= 4 is 11.8 Å². The van der Waals surface area contributed by atoms with Gasteiger partial charge in [-0.25, -0.2) is 4.98 Å². The third-order valence-corrected chi connectivity index (χ3v) is 3.86. The average molecular weight is 278 g/mol. The van der Waals surface area contributed by atoms with Gasteiger partial charge >= 0.3 is 0 Å². The number of rotatable bonds is 5. The highest BCUT2D eigenvalue weighted by molar-refractivity contribution is 7.98. The minimum absolute atomic E-state index is 0.117. The highest BCUT2D eigenvalue weighted by atomic mass is 32.2. The van der Waals surface area contributed by atoms with E-state index in [1.807, 2.05) is 13.2 Å². The quantitative estimate of drug-likeness (QED) is 0.909. The van der Waals surface area contributed by atoms with Crippen LogP contribution in [-0.2, 0) is 12.8 Å². The lowest BCUT2D eigenvalue weighted by Gasteiger charge is -2.05. The molecule has 0 amide bonds. The zero-order chi connectivity index (χ0) is 13.8. The van der Waals surface area contributed by atoms with E-state index in [4.69, 9.17) is 0 Å². The van der Waals surface area contributed by atoms with Gasteiger partial charge in [-0.3, -0.25) is 9.48 Å². The van der Waals surface area contributed by atoms with Crippen LogP contribution in [0.1, 0.15) is 19.7 Å². The summed E-state index contributed by atoms with van der Waals surface area (Å²) in [4.78, 5) is 18.9. The zero-order valence-electron chi connectivity index (χ0n) is 11.4. The van der Waals surface area contributed by atoms with Crippen molar-refractivity contribution in [1.29, 1.82) is 0 Å². The summed E-state index contributed by atoms with van der Waals surface area (Å²) in [6, 6.07) is 1.51. The summed E-state index contributed by atoms with van der Waals surface area (Å²) >= 11 is 1.78. The molecule has 0 radical (unpaired) electrons. The summed E-state index contributed by atoms with van der Waals surface area (Å²) in [6.07, 6.45) is 3.57. The Kier molecular flexibility index (Phi) is 4.42. The van der Waals surface area contributed by atoms with E-state index in [0.29, 0.717) is 11.6 Å². The van der Waals surface area contributed by atoms with Crippen LogP contribution in [0.3, 0.4) is 0 Å². The third-order valence-electron chi connectivity index (χ3n) is 2.48. The summed E-state index contributed by atoms with van der Waals surface area (Å²) in [6.45, 7) is 4.35. The van der Waals surface area contributed by atoms with E-state index in [9.17, 15) is 4.79 Å². The van der Waals surface area contributed by atoms with Crippen molar-refractivity contribution in [3.05, 3.63) is 34.6 Å². The summed E-state index contributed by atoms with van der Waals surface area (Å²) in [7, 11) is 1.84. The van der Waals surface area contributed by atoms with Crippen molar-refractivity contribution in [1.82, 2.24) is 19.7 Å². The maximum Gasteiger partial charge on any atom is 0.251 e. The van der Waals surface area contributed by atoms with Crippen molar-refractivity contribution in [2.24, 2.45) is 13.0 Å². The number of nitrogens with zero attached hydrogens (tertiary/aromatic N) is 3. The van der Waals surface area contributed by atoms with Crippen LogP contribution in [0, 0.1) is 5.92 Å². The van der Waals surface area contributed by atoms with Crippen LogP contribution < -0.4 is 5.56 Å². The van der Waals surface area contributed by atoms with Crippen LogP contribution in [0.25, 0.3) is 11.3 Å². The molecule has 6 heteroatoms. The van der Waals surface area contributed by atoms with Crippen LogP contribution in [0.2, 0.25) is 0 Å². The first kappa shape index (κ1) is 13.9. The van der Waals surface area contributed by atoms with Crippen LogP contribution in [0.15, 0.2) is 23.3 Å². The van der Waals surface area contributed by atoms with Gasteiger partial charge in [-0.1, -0.05) is 13.8 Å². The topological polar surface area (TPSA) is 63.6 Å². The van der Waals surface area contributed by atoms with Crippen molar-refractivity contribution in [2.75, 3.05) is 5.75 Å². The van der Waals surface area contributed by atoms with E-state index in [0.717, 1.165) is 22.9 Å². The van der Waals surface area contributed by atoms with E-state index in [1.165, 1.54) is 6.07 Å². The summed E-state index contributed by atoms with van der Waals surface area (Å²) < 4.78 is 1.70. The van der Waals surface area contributed by atoms with Gasteiger partial charge in [-0.05, 0) is 11.7 Å². The fraction of sp³-hybridized carbons (Fsp3) is 0.462. The Morgan fingerprint density at radius 3 is 2.89 bits per heavy atom. The lowest BCUT2D eigenvalue weighted by molar-refractivity contribution is 0.749. The molecule has 19 heavy (non-hydrogen) atoms. The van der Waals surface area contributed by atoms with Crippen molar-refractivity contribution in [2.45, 2.75) is 19.6 Å². The van der Waals surface area contributed by atoms with Crippen molar-refractivity contribution in [3.8, 4) is 11.3 Å². The van der Waals surface area contributed by atoms with E-state index >= 15 is 0 Å². The highest BCUT2D eigenvalue weighted by Crippen LogP contribution is 2.16. The van der Waals surface area contributed by atoms with E-state index < -0.39 is 0 Å². The fourth-order valence-electron chi connectivity index (χ4n) is 1.67. The molecule has 0 unspecified atom stereocenters. The third kappa shape index (κ3) is 3.96. The first-order valence-electron chi connectivity index (χ1n) is 6.21. The van der Waals surface area contributed by atoms with Crippen molar-refractivity contribution in [3.63, 3.8) is 0 Å². The zero-order valence-corrected chi connectivity index (χ0v) is 12.2. The largest absolute Gasteiger partial charge is 0.310 e. The number of H-pyrrole nitrogens is 1. The molecule has 2 heterocycles. The lowest BCUT2D eigenvalue weighted by Crippen LogP contribution is -2.10. The number of hydrogen-bond donors (Lipinski definition) is 1. The number of aryl methyl sites for hydroxylation is 1. The second kappa shape index (κ2) is 6.06. The Morgan fingerprint density at radius 1 is 1.47 bits per heavy atom. The normalized spacial score (nSPS) is 11.2. The molecule has 0 aromatic carbocycles. The molecule has 2 aromatic heterocycles. The SMILES string of the molecule is CC(C)CSCc1nc(-c2cnn(C)c2)cc(=O)[nH]1. The predicted octanol–water partition coefficient (Wildman–Crippen LogP) is 2.06. The minimum Gasteiger partial charge on any atom is -0.310 e. The van der Waals surface area contributed by atoms with E-state index in [-0.39, 0.29) is 5.56 Å². The second-order valence-corrected chi connectivity index (χ2v) is 5.92. The molecular formula is C13H18N4OS. The second-order valence-electron chi connectivity index (χ2n) is 4.89. The van der Waals surface area contributed by atoms with Crippen LogP contribution in [0.4, 0.5) is 0 Å². The molecule has 0 aliphatic carbocycles. The van der Waals surface area contributed by atoms with Gasteiger partial charge in [0.1, 0.15) is 5.82 Å². The van der Waals surface area contributed by atoms with Crippen molar-refractivity contribution < 1.29 is 0 Å². The molecule has 102 valence electrons. The number of aromatic nitrogens is 4. The van der Waals surface area contributed by atoms with Gasteiger partial charge in [0.2, 0.25) is 0 Å². The molecule has 0 aliphatic heterocycles. The first-order valence-corrected chi connectivity index (χ1v) is 7.37. The lowest BCUT2D eigenvalue weighted by atomic mass is 10.2. The number of thioether (sulfide) groups is 1. The fourth-order valence-corrected chi connectivity index (χ4v) is 2.59. The Hall–Kier alpha value is -1.56. The summed E-state index contributed by atoms with van der Waals surface area (Å²) in [5, 5.41) is 4.10. The van der Waals surface area contributed by atoms with E-state index in [2.05, 4.69) is 28.9 Å². The molecule has 0 fully saturated rings. The number of aromatic amines is 1. The molecule has 0 bridgehead atoms. The molecule has 1 N–H and O–H groups in total. The number of hydrogen-bond acceptors (Lipinski definition) is 4.